The average molecular weight is 222 g/mol. The van der Waals surface area contributed by atoms with E-state index in [9.17, 15) is 5.11 Å². The molecule has 0 aliphatic heterocycles. The maximum atomic E-state index is 11.0. The molecule has 0 aromatic heterocycles. The highest BCUT2D eigenvalue weighted by molar-refractivity contribution is 5.17. The number of rotatable bonds is 1. The summed E-state index contributed by atoms with van der Waals surface area (Å²) in [7, 11) is 0. The van der Waals surface area contributed by atoms with Crippen LogP contribution < -0.4 is 0 Å². The molecule has 2 aliphatic rings. The van der Waals surface area contributed by atoms with Gasteiger partial charge < -0.3 is 5.11 Å². The molecular formula is C15H26O. The molecule has 0 radical (unpaired) electrons. The van der Waals surface area contributed by atoms with E-state index in [1.54, 1.807) is 0 Å². The zero-order valence-electron chi connectivity index (χ0n) is 11.2. The van der Waals surface area contributed by atoms with Gasteiger partial charge in [0.1, 0.15) is 0 Å². The van der Waals surface area contributed by atoms with Gasteiger partial charge in [-0.1, -0.05) is 32.4 Å². The lowest BCUT2D eigenvalue weighted by molar-refractivity contribution is -0.111. The molecule has 1 nitrogen and oxygen atoms in total. The van der Waals surface area contributed by atoms with Crippen molar-refractivity contribution in [3.8, 4) is 0 Å². The second kappa shape index (κ2) is 4.18. The van der Waals surface area contributed by atoms with E-state index in [0.29, 0.717) is 23.7 Å². The van der Waals surface area contributed by atoms with Gasteiger partial charge in [-0.15, -0.1) is 0 Å². The van der Waals surface area contributed by atoms with Crippen LogP contribution in [0.3, 0.4) is 0 Å². The molecule has 2 rings (SSSR count). The van der Waals surface area contributed by atoms with Crippen molar-refractivity contribution in [1.82, 2.24) is 0 Å². The van der Waals surface area contributed by atoms with Crippen LogP contribution in [0.4, 0.5) is 0 Å². The van der Waals surface area contributed by atoms with Crippen LogP contribution in [-0.4, -0.2) is 10.7 Å². The Kier molecular flexibility index (Phi) is 3.18. The monoisotopic (exact) mass is 222 g/mol. The first kappa shape index (κ1) is 12.2. The molecular weight excluding hydrogens is 196 g/mol. The fourth-order valence-electron chi connectivity index (χ4n) is 3.79. The Hall–Kier alpha value is -0.300. The summed E-state index contributed by atoms with van der Waals surface area (Å²) in [5.41, 5.74) is 1.07. The Bertz CT molecular complexity index is 292. The Morgan fingerprint density at radius 3 is 2.69 bits per heavy atom. The van der Waals surface area contributed by atoms with E-state index >= 15 is 0 Å². The summed E-state index contributed by atoms with van der Waals surface area (Å²) in [5, 5.41) is 11.0. The van der Waals surface area contributed by atoms with Crippen LogP contribution in [-0.2, 0) is 0 Å². The van der Waals surface area contributed by atoms with Crippen molar-refractivity contribution in [1.29, 1.82) is 0 Å². The molecule has 1 saturated carbocycles. The summed E-state index contributed by atoms with van der Waals surface area (Å²) in [6.45, 7) is 9.06. The Morgan fingerprint density at radius 2 is 2.06 bits per heavy atom. The van der Waals surface area contributed by atoms with Gasteiger partial charge in [0.2, 0.25) is 0 Å². The minimum Gasteiger partial charge on any atom is -0.389 e. The molecule has 1 N–H and O–H groups in total. The number of hydrogen-bond donors (Lipinski definition) is 1. The van der Waals surface area contributed by atoms with E-state index in [-0.39, 0.29) is 0 Å². The van der Waals surface area contributed by atoms with E-state index < -0.39 is 5.60 Å². The van der Waals surface area contributed by atoms with Gasteiger partial charge in [0.15, 0.2) is 0 Å². The summed E-state index contributed by atoms with van der Waals surface area (Å²) >= 11 is 0. The molecule has 16 heavy (non-hydrogen) atoms. The van der Waals surface area contributed by atoms with Crippen LogP contribution in [0.25, 0.3) is 0 Å². The zero-order chi connectivity index (χ0) is 11.9. The summed E-state index contributed by atoms with van der Waals surface area (Å²) in [4.78, 5) is 0. The summed E-state index contributed by atoms with van der Waals surface area (Å²) < 4.78 is 0. The van der Waals surface area contributed by atoms with Gasteiger partial charge in [0.05, 0.1) is 5.60 Å². The third-order valence-electron chi connectivity index (χ3n) is 5.07. The Morgan fingerprint density at radius 1 is 1.38 bits per heavy atom. The highest BCUT2D eigenvalue weighted by Crippen LogP contribution is 2.50. The minimum atomic E-state index is -0.410. The molecule has 2 aliphatic carbocycles. The predicted octanol–water partition coefficient (Wildman–Crippen LogP) is 3.78. The van der Waals surface area contributed by atoms with Crippen LogP contribution >= 0.6 is 0 Å². The average Bonchev–Trinajstić information content (AvgIpc) is 2.21. The minimum absolute atomic E-state index is 0.407. The number of fused-ring (bicyclic) bond motifs is 1. The van der Waals surface area contributed by atoms with Crippen LogP contribution in [0.5, 0.6) is 0 Å². The van der Waals surface area contributed by atoms with E-state index in [2.05, 4.69) is 33.8 Å². The van der Waals surface area contributed by atoms with Crippen LogP contribution in [0, 0.1) is 23.7 Å². The van der Waals surface area contributed by atoms with Crippen molar-refractivity contribution in [2.24, 2.45) is 23.7 Å². The standard InChI is InChI=1S/C15H26O/c1-10(2)13-6-5-12(4)15(16)8-7-11(3)9-14(13)15/h9-10,12-14,16H,5-8H2,1-4H3/t12-,13+,14+,15-/m1/s1. The molecule has 0 aromatic rings. The van der Waals surface area contributed by atoms with Crippen molar-refractivity contribution in [3.05, 3.63) is 11.6 Å². The first-order chi connectivity index (χ1) is 7.45. The fraction of sp³-hybridized carbons (Fsp3) is 0.867. The molecule has 0 heterocycles. The predicted molar refractivity (Wildman–Crippen MR) is 68.2 cm³/mol. The topological polar surface area (TPSA) is 20.2 Å². The summed E-state index contributed by atoms with van der Waals surface area (Å²) in [5.74, 6) is 2.24. The smallest absolute Gasteiger partial charge is 0.0741 e. The highest BCUT2D eigenvalue weighted by Gasteiger charge is 2.49. The van der Waals surface area contributed by atoms with Crippen molar-refractivity contribution in [2.45, 2.75) is 59.0 Å². The lowest BCUT2D eigenvalue weighted by Crippen LogP contribution is -2.52. The molecule has 1 fully saturated rings. The second-order valence-corrected chi connectivity index (χ2v) is 6.42. The SMILES string of the molecule is CC1=C[C@H]2[C@H](C(C)C)CC[C@@H](C)[C@]2(O)CC1. The molecule has 1 heteroatoms. The molecule has 0 amide bonds. The fourth-order valence-corrected chi connectivity index (χ4v) is 3.79. The van der Waals surface area contributed by atoms with Gasteiger partial charge in [0.25, 0.3) is 0 Å². The first-order valence-electron chi connectivity index (χ1n) is 6.85. The van der Waals surface area contributed by atoms with Crippen molar-refractivity contribution < 1.29 is 5.11 Å². The van der Waals surface area contributed by atoms with Gasteiger partial charge in [-0.3, -0.25) is 0 Å². The first-order valence-corrected chi connectivity index (χ1v) is 6.85. The van der Waals surface area contributed by atoms with E-state index in [0.717, 1.165) is 12.8 Å². The maximum absolute atomic E-state index is 11.0. The highest BCUT2D eigenvalue weighted by atomic mass is 16.3. The summed E-state index contributed by atoms with van der Waals surface area (Å²) in [6, 6.07) is 0. The molecule has 0 bridgehead atoms. The van der Waals surface area contributed by atoms with Gasteiger partial charge in [-0.25, -0.2) is 0 Å². The second-order valence-electron chi connectivity index (χ2n) is 6.42. The van der Waals surface area contributed by atoms with E-state index in [4.69, 9.17) is 0 Å². The molecule has 0 unspecified atom stereocenters. The van der Waals surface area contributed by atoms with Crippen molar-refractivity contribution in [3.63, 3.8) is 0 Å². The lowest BCUT2D eigenvalue weighted by atomic mass is 9.57. The van der Waals surface area contributed by atoms with E-state index in [1.807, 2.05) is 0 Å². The number of hydrogen-bond acceptors (Lipinski definition) is 1. The molecule has 4 atom stereocenters. The number of allylic oxidation sites excluding steroid dienone is 1. The maximum Gasteiger partial charge on any atom is 0.0741 e. The largest absolute Gasteiger partial charge is 0.389 e. The van der Waals surface area contributed by atoms with E-state index in [1.165, 1.54) is 18.4 Å². The quantitative estimate of drug-likeness (QED) is 0.669. The van der Waals surface area contributed by atoms with Gasteiger partial charge in [-0.2, -0.15) is 0 Å². The zero-order valence-corrected chi connectivity index (χ0v) is 11.2. The lowest BCUT2D eigenvalue weighted by Gasteiger charge is -2.51. The van der Waals surface area contributed by atoms with Crippen molar-refractivity contribution >= 4 is 0 Å². The van der Waals surface area contributed by atoms with Crippen molar-refractivity contribution in [2.75, 3.05) is 0 Å². The molecule has 0 saturated heterocycles. The van der Waals surface area contributed by atoms with Gasteiger partial charge >= 0.3 is 0 Å². The van der Waals surface area contributed by atoms with Crippen LogP contribution in [0.15, 0.2) is 11.6 Å². The molecule has 0 spiro atoms. The van der Waals surface area contributed by atoms with Crippen LogP contribution in [0.2, 0.25) is 0 Å². The third kappa shape index (κ3) is 1.84. The molecule has 0 aromatic carbocycles. The summed E-state index contributed by atoms with van der Waals surface area (Å²) in [6.07, 6.45) is 6.93. The van der Waals surface area contributed by atoms with Gasteiger partial charge in [0, 0.05) is 5.92 Å². The van der Waals surface area contributed by atoms with Gasteiger partial charge in [-0.05, 0) is 50.4 Å². The normalized spacial score (nSPS) is 44.1. The Balaban J connectivity index is 2.32. The van der Waals surface area contributed by atoms with Crippen LogP contribution in [0.1, 0.15) is 53.4 Å². The third-order valence-corrected chi connectivity index (χ3v) is 5.07. The number of aliphatic hydroxyl groups is 1. The Labute approximate surface area is 99.9 Å². The molecule has 92 valence electrons.